The minimum atomic E-state index is -3.35. The lowest BCUT2D eigenvalue weighted by molar-refractivity contribution is -0.118. The molecule has 0 aromatic heterocycles. The Labute approximate surface area is 173 Å². The Morgan fingerprint density at radius 1 is 1.07 bits per heavy atom. The SMILES string of the molecule is CC(C)(C)c1cccc(OCC(=O)Nc2cccc(S(=O)(=O)C3CCCC3)c2)c1. The van der Waals surface area contributed by atoms with Crippen LogP contribution in [0.25, 0.3) is 0 Å². The van der Waals surface area contributed by atoms with Crippen molar-refractivity contribution >= 4 is 21.4 Å². The molecule has 1 amide bonds. The number of hydrogen-bond donors (Lipinski definition) is 1. The number of hydrogen-bond acceptors (Lipinski definition) is 4. The van der Waals surface area contributed by atoms with Crippen molar-refractivity contribution in [3.05, 3.63) is 54.1 Å². The van der Waals surface area contributed by atoms with E-state index in [1.165, 1.54) is 6.07 Å². The number of carbonyl (C=O) groups excluding carboxylic acids is 1. The molecule has 1 saturated carbocycles. The molecular weight excluding hydrogens is 386 g/mol. The first-order chi connectivity index (χ1) is 13.7. The summed E-state index contributed by atoms with van der Waals surface area (Å²) < 4.78 is 31.1. The van der Waals surface area contributed by atoms with Gasteiger partial charge in [0.25, 0.3) is 5.91 Å². The summed E-state index contributed by atoms with van der Waals surface area (Å²) in [5, 5.41) is 2.42. The highest BCUT2D eigenvalue weighted by Gasteiger charge is 2.30. The lowest BCUT2D eigenvalue weighted by Gasteiger charge is -2.19. The molecule has 2 aromatic carbocycles. The topological polar surface area (TPSA) is 72.5 Å². The molecule has 3 rings (SSSR count). The van der Waals surface area contributed by atoms with Crippen LogP contribution in [-0.2, 0) is 20.0 Å². The van der Waals surface area contributed by atoms with Gasteiger partial charge in [0.15, 0.2) is 16.4 Å². The van der Waals surface area contributed by atoms with Crippen molar-refractivity contribution in [1.82, 2.24) is 0 Å². The average Bonchev–Trinajstić information content (AvgIpc) is 3.22. The number of carbonyl (C=O) groups is 1. The highest BCUT2D eigenvalue weighted by atomic mass is 32.2. The molecule has 1 aliphatic carbocycles. The fourth-order valence-corrected chi connectivity index (χ4v) is 5.44. The van der Waals surface area contributed by atoms with Crippen LogP contribution in [-0.4, -0.2) is 26.2 Å². The maximum absolute atomic E-state index is 12.8. The van der Waals surface area contributed by atoms with Gasteiger partial charge in [0, 0.05) is 5.69 Å². The Morgan fingerprint density at radius 2 is 1.76 bits per heavy atom. The zero-order valence-electron chi connectivity index (χ0n) is 17.3. The van der Waals surface area contributed by atoms with E-state index in [2.05, 4.69) is 26.1 Å². The molecule has 1 N–H and O–H groups in total. The first-order valence-corrected chi connectivity index (χ1v) is 11.6. The molecule has 0 radical (unpaired) electrons. The van der Waals surface area contributed by atoms with Crippen LogP contribution in [0, 0.1) is 0 Å². The standard InChI is InChI=1S/C23H29NO4S/c1-23(2,3)17-8-6-10-19(14-17)28-16-22(25)24-18-9-7-13-21(15-18)29(26,27)20-11-4-5-12-20/h6-10,13-15,20H,4-5,11-12,16H2,1-3H3,(H,24,25). The van der Waals surface area contributed by atoms with Crippen LogP contribution in [0.4, 0.5) is 5.69 Å². The van der Waals surface area contributed by atoms with E-state index in [0.717, 1.165) is 18.4 Å². The minimum Gasteiger partial charge on any atom is -0.484 e. The Morgan fingerprint density at radius 3 is 2.45 bits per heavy atom. The Kier molecular flexibility index (Phi) is 6.32. The van der Waals surface area contributed by atoms with Gasteiger partial charge in [-0.25, -0.2) is 8.42 Å². The van der Waals surface area contributed by atoms with E-state index in [-0.39, 0.29) is 28.1 Å². The van der Waals surface area contributed by atoms with Crippen LogP contribution >= 0.6 is 0 Å². The van der Waals surface area contributed by atoms with Crippen molar-refractivity contribution < 1.29 is 17.9 Å². The van der Waals surface area contributed by atoms with Crippen molar-refractivity contribution in [1.29, 1.82) is 0 Å². The summed E-state index contributed by atoms with van der Waals surface area (Å²) in [6.07, 6.45) is 3.32. The number of nitrogens with one attached hydrogen (secondary N) is 1. The van der Waals surface area contributed by atoms with E-state index < -0.39 is 9.84 Å². The van der Waals surface area contributed by atoms with Crippen LogP contribution in [0.5, 0.6) is 5.75 Å². The molecule has 2 aromatic rings. The maximum atomic E-state index is 12.8. The van der Waals surface area contributed by atoms with E-state index in [9.17, 15) is 13.2 Å². The van der Waals surface area contributed by atoms with Gasteiger partial charge in [0.1, 0.15) is 5.75 Å². The molecule has 0 saturated heterocycles. The molecule has 1 fully saturated rings. The first kappa shape index (κ1) is 21.4. The average molecular weight is 416 g/mol. The van der Waals surface area contributed by atoms with E-state index in [4.69, 9.17) is 4.74 Å². The molecule has 29 heavy (non-hydrogen) atoms. The lowest BCUT2D eigenvalue weighted by atomic mass is 9.87. The van der Waals surface area contributed by atoms with Crippen molar-refractivity contribution in [2.45, 2.75) is 62.0 Å². The molecule has 5 nitrogen and oxygen atoms in total. The van der Waals surface area contributed by atoms with Crippen molar-refractivity contribution in [2.24, 2.45) is 0 Å². The summed E-state index contributed by atoms with van der Waals surface area (Å²) >= 11 is 0. The second kappa shape index (κ2) is 8.57. The van der Waals surface area contributed by atoms with Crippen molar-refractivity contribution in [3.8, 4) is 5.75 Å². The van der Waals surface area contributed by atoms with Crippen LogP contribution in [0.3, 0.4) is 0 Å². The van der Waals surface area contributed by atoms with Crippen LogP contribution < -0.4 is 10.1 Å². The summed E-state index contributed by atoms with van der Waals surface area (Å²) in [6.45, 7) is 6.20. The van der Waals surface area contributed by atoms with Crippen LogP contribution in [0.1, 0.15) is 52.0 Å². The molecule has 156 valence electrons. The zero-order chi connectivity index (χ0) is 21.1. The number of benzene rings is 2. The molecule has 0 spiro atoms. The third-order valence-electron chi connectivity index (χ3n) is 5.26. The molecule has 0 unspecified atom stereocenters. The summed E-state index contributed by atoms with van der Waals surface area (Å²) in [6, 6.07) is 14.2. The fourth-order valence-electron chi connectivity index (χ4n) is 3.54. The predicted molar refractivity (Wildman–Crippen MR) is 115 cm³/mol. The monoisotopic (exact) mass is 415 g/mol. The van der Waals surface area contributed by atoms with Crippen molar-refractivity contribution in [3.63, 3.8) is 0 Å². The highest BCUT2D eigenvalue weighted by Crippen LogP contribution is 2.30. The van der Waals surface area contributed by atoms with Gasteiger partial charge >= 0.3 is 0 Å². The zero-order valence-corrected chi connectivity index (χ0v) is 18.1. The van der Waals surface area contributed by atoms with Gasteiger partial charge in [-0.15, -0.1) is 0 Å². The van der Waals surface area contributed by atoms with E-state index in [1.54, 1.807) is 18.2 Å². The third kappa shape index (κ3) is 5.38. The summed E-state index contributed by atoms with van der Waals surface area (Å²) in [7, 11) is -3.35. The highest BCUT2D eigenvalue weighted by molar-refractivity contribution is 7.92. The van der Waals surface area contributed by atoms with Gasteiger partial charge in [-0.2, -0.15) is 0 Å². The fraction of sp³-hybridized carbons (Fsp3) is 0.435. The van der Waals surface area contributed by atoms with Crippen molar-refractivity contribution in [2.75, 3.05) is 11.9 Å². The van der Waals surface area contributed by atoms with Gasteiger partial charge in [-0.1, -0.05) is 51.8 Å². The van der Waals surface area contributed by atoms with Gasteiger partial charge in [0.05, 0.1) is 10.1 Å². The third-order valence-corrected chi connectivity index (χ3v) is 7.52. The number of anilines is 1. The van der Waals surface area contributed by atoms with Gasteiger partial charge in [0.2, 0.25) is 0 Å². The second-order valence-electron chi connectivity index (χ2n) is 8.59. The molecule has 0 bridgehead atoms. The van der Waals surface area contributed by atoms with Gasteiger partial charge in [-0.05, 0) is 54.2 Å². The van der Waals surface area contributed by atoms with E-state index in [1.807, 2.05) is 24.3 Å². The van der Waals surface area contributed by atoms with Crippen LogP contribution in [0.15, 0.2) is 53.4 Å². The molecule has 6 heteroatoms. The molecule has 0 atom stereocenters. The lowest BCUT2D eigenvalue weighted by Crippen LogP contribution is -2.21. The molecule has 0 aliphatic heterocycles. The Bertz CT molecular complexity index is 970. The number of sulfone groups is 1. The number of ether oxygens (including phenoxy) is 1. The normalized spacial score (nSPS) is 15.3. The quantitative estimate of drug-likeness (QED) is 0.741. The Balaban J connectivity index is 1.63. The van der Waals surface area contributed by atoms with Gasteiger partial charge in [-0.3, -0.25) is 4.79 Å². The molecule has 0 heterocycles. The van der Waals surface area contributed by atoms with E-state index >= 15 is 0 Å². The first-order valence-electron chi connectivity index (χ1n) is 10.0. The predicted octanol–water partition coefficient (Wildman–Crippen LogP) is 4.72. The minimum absolute atomic E-state index is 0.00707. The smallest absolute Gasteiger partial charge is 0.262 e. The second-order valence-corrected chi connectivity index (χ2v) is 10.8. The number of rotatable bonds is 6. The summed E-state index contributed by atoms with van der Waals surface area (Å²) in [4.78, 5) is 12.6. The summed E-state index contributed by atoms with van der Waals surface area (Å²) in [5.74, 6) is 0.298. The van der Waals surface area contributed by atoms with E-state index in [0.29, 0.717) is 24.3 Å². The van der Waals surface area contributed by atoms with Crippen LogP contribution in [0.2, 0.25) is 0 Å². The molecular formula is C23H29NO4S. The summed E-state index contributed by atoms with van der Waals surface area (Å²) in [5.41, 5.74) is 1.58. The maximum Gasteiger partial charge on any atom is 0.262 e. The molecule has 1 aliphatic rings. The number of amides is 1. The van der Waals surface area contributed by atoms with Gasteiger partial charge < -0.3 is 10.1 Å². The largest absolute Gasteiger partial charge is 0.484 e. The Hall–Kier alpha value is -2.34.